The zero-order valence-electron chi connectivity index (χ0n) is 14.8. The van der Waals surface area contributed by atoms with E-state index >= 15 is 0 Å². The van der Waals surface area contributed by atoms with E-state index in [2.05, 4.69) is 23.7 Å². The number of hydrogen-bond donors (Lipinski definition) is 1. The minimum atomic E-state index is -0.976. The molecule has 1 amide bonds. The summed E-state index contributed by atoms with van der Waals surface area (Å²) in [7, 11) is -0.976. The van der Waals surface area contributed by atoms with Gasteiger partial charge in [0, 0.05) is 46.3 Å². The third-order valence-corrected chi connectivity index (χ3v) is 5.35. The number of carbonyl (C=O) groups is 1. The van der Waals surface area contributed by atoms with E-state index in [-0.39, 0.29) is 5.91 Å². The third kappa shape index (κ3) is 4.57. The molecule has 1 aromatic carbocycles. The molecule has 1 N–H and O–H groups in total. The number of rotatable bonds is 7. The highest BCUT2D eigenvalue weighted by atomic mass is 32.2. The van der Waals surface area contributed by atoms with Crippen LogP contribution in [0.15, 0.2) is 36.4 Å². The lowest BCUT2D eigenvalue weighted by Crippen LogP contribution is -2.28. The van der Waals surface area contributed by atoms with E-state index in [4.69, 9.17) is 0 Å². The monoisotopic (exact) mass is 346 g/mol. The Bertz CT molecular complexity index is 720. The molecule has 0 saturated heterocycles. The van der Waals surface area contributed by atoms with Gasteiger partial charge in [-0.3, -0.25) is 9.00 Å². The smallest absolute Gasteiger partial charge is 0.253 e. The van der Waals surface area contributed by atoms with Gasteiger partial charge in [-0.15, -0.1) is 0 Å². The molecule has 0 fully saturated rings. The third-order valence-electron chi connectivity index (χ3n) is 4.03. The van der Waals surface area contributed by atoms with Crippen LogP contribution in [0, 0.1) is 13.8 Å². The zero-order chi connectivity index (χ0) is 17.7. The van der Waals surface area contributed by atoms with Gasteiger partial charge in [-0.05, 0) is 39.3 Å². The molecule has 1 atom stereocenters. The summed E-state index contributed by atoms with van der Waals surface area (Å²) >= 11 is 0. The molecule has 24 heavy (non-hydrogen) atoms. The van der Waals surface area contributed by atoms with Crippen molar-refractivity contribution >= 4 is 16.7 Å². The minimum absolute atomic E-state index is 0.0910. The maximum absolute atomic E-state index is 12.4. The van der Waals surface area contributed by atoms with Crippen LogP contribution in [-0.2, 0) is 16.6 Å². The van der Waals surface area contributed by atoms with E-state index in [9.17, 15) is 9.00 Å². The van der Waals surface area contributed by atoms with Crippen LogP contribution in [0.2, 0.25) is 0 Å². The number of nitrogens with one attached hydrogen (secondary N) is 1. The van der Waals surface area contributed by atoms with Crippen molar-refractivity contribution in [2.45, 2.75) is 39.5 Å². The molecule has 2 rings (SSSR count). The highest BCUT2D eigenvalue weighted by Crippen LogP contribution is 2.19. The Morgan fingerprint density at radius 1 is 1.21 bits per heavy atom. The summed E-state index contributed by atoms with van der Waals surface area (Å²) in [5, 5.41) is 2.89. The summed E-state index contributed by atoms with van der Waals surface area (Å²) in [6.07, 6.45) is 0. The van der Waals surface area contributed by atoms with Crippen molar-refractivity contribution in [3.63, 3.8) is 0 Å². The van der Waals surface area contributed by atoms with Crippen molar-refractivity contribution in [2.75, 3.05) is 12.3 Å². The molecular formula is C19H26N2O2S. The lowest BCUT2D eigenvalue weighted by molar-refractivity contribution is 0.0955. The molecule has 1 heterocycles. The highest BCUT2D eigenvalue weighted by molar-refractivity contribution is 7.84. The number of nitrogens with zero attached hydrogens (tertiary/aromatic N) is 1. The van der Waals surface area contributed by atoms with Crippen LogP contribution in [0.1, 0.15) is 47.2 Å². The molecule has 130 valence electrons. The number of hydrogen-bond acceptors (Lipinski definition) is 2. The van der Waals surface area contributed by atoms with Gasteiger partial charge in [0.1, 0.15) is 0 Å². The molecule has 0 bridgehead atoms. The van der Waals surface area contributed by atoms with Crippen molar-refractivity contribution in [1.29, 1.82) is 0 Å². The summed E-state index contributed by atoms with van der Waals surface area (Å²) in [6.45, 7) is 8.61. The van der Waals surface area contributed by atoms with E-state index in [1.165, 1.54) is 0 Å². The molecule has 0 saturated carbocycles. The Kier molecular flexibility index (Phi) is 6.37. The van der Waals surface area contributed by atoms with Gasteiger partial charge in [-0.2, -0.15) is 0 Å². The average molecular weight is 346 g/mol. The molecule has 4 nitrogen and oxygen atoms in total. The SMILES string of the molecule is Cc1cc(C(=O)NCC[S@](=O)Cc2ccccc2)c(C)n1C(C)C. The second-order valence-corrected chi connectivity index (χ2v) is 7.85. The molecule has 1 aromatic heterocycles. The van der Waals surface area contributed by atoms with Crippen molar-refractivity contribution in [1.82, 2.24) is 9.88 Å². The summed E-state index contributed by atoms with van der Waals surface area (Å²) < 4.78 is 14.3. The molecule has 0 aliphatic rings. The molecule has 0 unspecified atom stereocenters. The largest absolute Gasteiger partial charge is 0.351 e. The minimum Gasteiger partial charge on any atom is -0.351 e. The van der Waals surface area contributed by atoms with Crippen LogP contribution < -0.4 is 5.32 Å². The first-order chi connectivity index (χ1) is 11.4. The number of benzene rings is 1. The van der Waals surface area contributed by atoms with Gasteiger partial charge in [0.2, 0.25) is 0 Å². The van der Waals surface area contributed by atoms with Crippen LogP contribution in [0.3, 0.4) is 0 Å². The van der Waals surface area contributed by atoms with Gasteiger partial charge < -0.3 is 9.88 Å². The second-order valence-electron chi connectivity index (χ2n) is 6.28. The summed E-state index contributed by atoms with van der Waals surface area (Å²) in [5.74, 6) is 0.897. The average Bonchev–Trinajstić information content (AvgIpc) is 2.83. The highest BCUT2D eigenvalue weighted by Gasteiger charge is 2.16. The fourth-order valence-corrected chi connectivity index (χ4v) is 4.05. The molecular weight excluding hydrogens is 320 g/mol. The van der Waals surface area contributed by atoms with Crippen molar-refractivity contribution in [2.24, 2.45) is 0 Å². The van der Waals surface area contributed by atoms with Crippen molar-refractivity contribution in [3.05, 3.63) is 58.9 Å². The normalized spacial score (nSPS) is 12.4. The van der Waals surface area contributed by atoms with E-state index in [1.54, 1.807) is 0 Å². The maximum Gasteiger partial charge on any atom is 0.253 e. The Balaban J connectivity index is 1.88. The van der Waals surface area contributed by atoms with Crippen molar-refractivity contribution < 1.29 is 9.00 Å². The molecule has 5 heteroatoms. The van der Waals surface area contributed by atoms with Crippen LogP contribution in [-0.4, -0.2) is 27.0 Å². The summed E-state index contributed by atoms with van der Waals surface area (Å²) in [5.41, 5.74) is 3.82. The maximum atomic E-state index is 12.4. The Labute approximate surface area is 146 Å². The van der Waals surface area contributed by atoms with E-state index in [0.29, 0.717) is 29.7 Å². The Morgan fingerprint density at radius 3 is 2.46 bits per heavy atom. The van der Waals surface area contributed by atoms with Gasteiger partial charge in [0.15, 0.2) is 0 Å². The second kappa shape index (κ2) is 8.29. The summed E-state index contributed by atoms with van der Waals surface area (Å²) in [4.78, 5) is 12.4. The first-order valence-corrected chi connectivity index (χ1v) is 9.74. The molecule has 0 spiro atoms. The van der Waals surface area contributed by atoms with Crippen molar-refractivity contribution in [3.8, 4) is 0 Å². The number of carbonyl (C=O) groups excluding carboxylic acids is 1. The van der Waals surface area contributed by atoms with Gasteiger partial charge >= 0.3 is 0 Å². The quantitative estimate of drug-likeness (QED) is 0.836. The van der Waals surface area contributed by atoms with Crippen LogP contribution in [0.25, 0.3) is 0 Å². The first kappa shape index (κ1) is 18.5. The Hall–Kier alpha value is -1.88. The molecule has 0 aliphatic carbocycles. The molecule has 2 aromatic rings. The van der Waals surface area contributed by atoms with E-state index in [1.807, 2.05) is 50.2 Å². The van der Waals surface area contributed by atoms with Gasteiger partial charge in [-0.1, -0.05) is 30.3 Å². The lowest BCUT2D eigenvalue weighted by Gasteiger charge is -2.13. The van der Waals surface area contributed by atoms with Gasteiger partial charge in [-0.25, -0.2) is 0 Å². The standard InChI is InChI=1S/C19H26N2O2S/c1-14(2)21-15(3)12-18(16(21)4)19(22)20-10-11-24(23)13-17-8-6-5-7-9-17/h5-9,12,14H,10-11,13H2,1-4H3,(H,20,22)/t24-/m0/s1. The first-order valence-electron chi connectivity index (χ1n) is 8.25. The lowest BCUT2D eigenvalue weighted by atomic mass is 10.2. The number of amides is 1. The van der Waals surface area contributed by atoms with Gasteiger partial charge in [0.25, 0.3) is 5.91 Å². The fraction of sp³-hybridized carbons (Fsp3) is 0.421. The van der Waals surface area contributed by atoms with Crippen LogP contribution in [0.5, 0.6) is 0 Å². The molecule has 0 radical (unpaired) electrons. The van der Waals surface area contributed by atoms with Crippen LogP contribution in [0.4, 0.5) is 0 Å². The van der Waals surface area contributed by atoms with E-state index < -0.39 is 10.8 Å². The van der Waals surface area contributed by atoms with Crippen LogP contribution >= 0.6 is 0 Å². The number of aromatic nitrogens is 1. The fourth-order valence-electron chi connectivity index (χ4n) is 3.01. The number of aryl methyl sites for hydroxylation is 1. The topological polar surface area (TPSA) is 51.1 Å². The van der Waals surface area contributed by atoms with E-state index in [0.717, 1.165) is 17.0 Å². The zero-order valence-corrected chi connectivity index (χ0v) is 15.7. The predicted octanol–water partition coefficient (Wildman–Crippen LogP) is 3.36. The Morgan fingerprint density at radius 2 is 1.88 bits per heavy atom. The molecule has 0 aliphatic heterocycles. The summed E-state index contributed by atoms with van der Waals surface area (Å²) in [6, 6.07) is 12.0. The predicted molar refractivity (Wildman–Crippen MR) is 99.8 cm³/mol. The van der Waals surface area contributed by atoms with Gasteiger partial charge in [0.05, 0.1) is 5.56 Å².